The van der Waals surface area contributed by atoms with Crippen LogP contribution in [0.5, 0.6) is 0 Å². The molecule has 0 saturated carbocycles. The Morgan fingerprint density at radius 1 is 1.06 bits per heavy atom. The second-order valence-corrected chi connectivity index (χ2v) is 4.16. The predicted molar refractivity (Wildman–Crippen MR) is 70.8 cm³/mol. The first-order valence-corrected chi connectivity index (χ1v) is 6.04. The van der Waals surface area contributed by atoms with E-state index >= 15 is 0 Å². The fraction of sp³-hybridized carbons (Fsp3) is 0.267. The molecular weight excluding hydrogens is 208 g/mol. The van der Waals surface area contributed by atoms with Gasteiger partial charge in [-0.15, -0.1) is 0 Å². The van der Waals surface area contributed by atoms with E-state index in [4.69, 9.17) is 0 Å². The van der Waals surface area contributed by atoms with E-state index in [1.807, 2.05) is 24.4 Å². The molecule has 0 amide bonds. The molecule has 0 bridgehead atoms. The van der Waals surface area contributed by atoms with Crippen LogP contribution in [-0.4, -0.2) is 11.5 Å². The zero-order valence-electron chi connectivity index (χ0n) is 10.1. The summed E-state index contributed by atoms with van der Waals surface area (Å²) in [4.78, 5) is 4.31. The largest absolute Gasteiger partial charge is 0.310 e. The number of nitrogens with one attached hydrogen (secondary N) is 1. The van der Waals surface area contributed by atoms with Gasteiger partial charge in [-0.05, 0) is 24.6 Å². The molecule has 0 radical (unpaired) electrons. The molecule has 1 N–H and O–H groups in total. The van der Waals surface area contributed by atoms with Crippen molar-refractivity contribution in [1.29, 1.82) is 0 Å². The normalized spacial score (nSPS) is 12.3. The smallest absolute Gasteiger partial charge is 0.0416 e. The molecule has 2 nitrogen and oxygen atoms in total. The van der Waals surface area contributed by atoms with E-state index < -0.39 is 0 Å². The maximum absolute atomic E-state index is 4.31. The van der Waals surface area contributed by atoms with Crippen LogP contribution in [-0.2, 0) is 6.42 Å². The maximum Gasteiger partial charge on any atom is 0.0416 e. The van der Waals surface area contributed by atoms with E-state index in [2.05, 4.69) is 47.6 Å². The van der Waals surface area contributed by atoms with Crippen molar-refractivity contribution >= 4 is 0 Å². The van der Waals surface area contributed by atoms with Gasteiger partial charge in [-0.3, -0.25) is 4.98 Å². The van der Waals surface area contributed by atoms with Gasteiger partial charge in [0.05, 0.1) is 0 Å². The predicted octanol–water partition coefficient (Wildman–Crippen LogP) is 2.97. The van der Waals surface area contributed by atoms with E-state index in [-0.39, 0.29) is 0 Å². The third-order valence-corrected chi connectivity index (χ3v) is 2.86. The summed E-state index contributed by atoms with van der Waals surface area (Å²) in [5.41, 5.74) is 2.47. The molecule has 0 spiro atoms. The van der Waals surface area contributed by atoms with Crippen LogP contribution in [0, 0.1) is 0 Å². The van der Waals surface area contributed by atoms with Gasteiger partial charge in [-0.25, -0.2) is 0 Å². The van der Waals surface area contributed by atoms with Gasteiger partial charge < -0.3 is 5.32 Å². The Labute approximate surface area is 103 Å². The van der Waals surface area contributed by atoms with Crippen molar-refractivity contribution in [3.05, 3.63) is 66.0 Å². The van der Waals surface area contributed by atoms with Gasteiger partial charge in [0.25, 0.3) is 0 Å². The van der Waals surface area contributed by atoms with E-state index in [1.54, 1.807) is 0 Å². The topological polar surface area (TPSA) is 24.9 Å². The highest BCUT2D eigenvalue weighted by Gasteiger charge is 2.03. The molecule has 1 heterocycles. The van der Waals surface area contributed by atoms with Crippen molar-refractivity contribution in [1.82, 2.24) is 10.3 Å². The van der Waals surface area contributed by atoms with Crippen molar-refractivity contribution in [3.8, 4) is 0 Å². The molecule has 2 heteroatoms. The van der Waals surface area contributed by atoms with Gasteiger partial charge in [-0.1, -0.05) is 36.4 Å². The van der Waals surface area contributed by atoms with Gasteiger partial charge in [0.1, 0.15) is 0 Å². The summed E-state index contributed by atoms with van der Waals surface area (Å²) in [6.45, 7) is 3.14. The Kier molecular flexibility index (Phi) is 4.28. The zero-order chi connectivity index (χ0) is 11.9. The first kappa shape index (κ1) is 11.8. The molecule has 0 aliphatic heterocycles. The van der Waals surface area contributed by atoms with Crippen molar-refractivity contribution in [2.75, 3.05) is 6.54 Å². The van der Waals surface area contributed by atoms with Gasteiger partial charge in [0.15, 0.2) is 0 Å². The summed E-state index contributed by atoms with van der Waals surface area (Å²) in [6, 6.07) is 16.9. The third-order valence-electron chi connectivity index (χ3n) is 2.86. The Hall–Kier alpha value is -1.67. The van der Waals surface area contributed by atoms with Gasteiger partial charge in [-0.2, -0.15) is 0 Å². The summed E-state index contributed by atoms with van der Waals surface area (Å²) in [7, 11) is 0. The number of rotatable bonds is 5. The highest BCUT2D eigenvalue weighted by molar-refractivity contribution is 5.18. The molecule has 0 aliphatic rings. The van der Waals surface area contributed by atoms with Crippen molar-refractivity contribution in [3.63, 3.8) is 0 Å². The molecule has 88 valence electrons. The lowest BCUT2D eigenvalue weighted by Crippen LogP contribution is -2.21. The third kappa shape index (κ3) is 3.68. The fourth-order valence-corrected chi connectivity index (χ4v) is 1.82. The molecular formula is C15H18N2. The van der Waals surface area contributed by atoms with Gasteiger partial charge >= 0.3 is 0 Å². The number of nitrogens with zero attached hydrogens (tertiary/aromatic N) is 1. The Morgan fingerprint density at radius 2 is 1.82 bits per heavy atom. The Bertz CT molecular complexity index is 425. The summed E-state index contributed by atoms with van der Waals surface area (Å²) in [5.74, 6) is 0. The van der Waals surface area contributed by atoms with Crippen LogP contribution in [0.25, 0.3) is 0 Å². The standard InChI is InChI=1S/C15H18N2/c1-13(14-7-3-2-4-8-14)16-12-10-15-9-5-6-11-17-15/h2-9,11,13,16H,10,12H2,1H3/t13-/m1/s1. The first-order valence-electron chi connectivity index (χ1n) is 6.04. The molecule has 1 atom stereocenters. The summed E-state index contributed by atoms with van der Waals surface area (Å²) in [6.07, 6.45) is 2.81. The first-order chi connectivity index (χ1) is 8.36. The van der Waals surface area contributed by atoms with E-state index in [0.717, 1.165) is 18.7 Å². The molecule has 2 aromatic rings. The molecule has 0 aliphatic carbocycles. The van der Waals surface area contributed by atoms with Crippen LogP contribution in [0.2, 0.25) is 0 Å². The van der Waals surface area contributed by atoms with Crippen molar-refractivity contribution in [2.45, 2.75) is 19.4 Å². The number of aromatic nitrogens is 1. The summed E-state index contributed by atoms with van der Waals surface area (Å²) < 4.78 is 0. The van der Waals surface area contributed by atoms with Crippen LogP contribution in [0.3, 0.4) is 0 Å². The molecule has 0 unspecified atom stereocenters. The lowest BCUT2D eigenvalue weighted by molar-refractivity contribution is 0.574. The number of pyridine rings is 1. The highest BCUT2D eigenvalue weighted by Crippen LogP contribution is 2.10. The molecule has 1 aromatic heterocycles. The summed E-state index contributed by atoms with van der Waals surface area (Å²) in [5, 5.41) is 3.51. The minimum Gasteiger partial charge on any atom is -0.310 e. The second-order valence-electron chi connectivity index (χ2n) is 4.16. The lowest BCUT2D eigenvalue weighted by atomic mass is 10.1. The number of hydrogen-bond donors (Lipinski definition) is 1. The van der Waals surface area contributed by atoms with Gasteiger partial charge in [0, 0.05) is 30.9 Å². The van der Waals surface area contributed by atoms with E-state index in [0.29, 0.717) is 6.04 Å². The summed E-state index contributed by atoms with van der Waals surface area (Å²) >= 11 is 0. The number of hydrogen-bond acceptors (Lipinski definition) is 2. The van der Waals surface area contributed by atoms with Crippen LogP contribution < -0.4 is 5.32 Å². The minimum atomic E-state index is 0.389. The van der Waals surface area contributed by atoms with E-state index in [1.165, 1.54) is 5.56 Å². The molecule has 2 rings (SSSR count). The van der Waals surface area contributed by atoms with Crippen LogP contribution in [0.4, 0.5) is 0 Å². The molecule has 17 heavy (non-hydrogen) atoms. The van der Waals surface area contributed by atoms with Crippen molar-refractivity contribution in [2.24, 2.45) is 0 Å². The zero-order valence-corrected chi connectivity index (χ0v) is 10.1. The monoisotopic (exact) mass is 226 g/mol. The average molecular weight is 226 g/mol. The SMILES string of the molecule is C[C@@H](NCCc1ccccn1)c1ccccc1. The molecule has 0 saturated heterocycles. The highest BCUT2D eigenvalue weighted by atomic mass is 14.9. The molecule has 1 aromatic carbocycles. The van der Waals surface area contributed by atoms with Crippen molar-refractivity contribution < 1.29 is 0 Å². The quantitative estimate of drug-likeness (QED) is 0.847. The lowest BCUT2D eigenvalue weighted by Gasteiger charge is -2.13. The van der Waals surface area contributed by atoms with E-state index in [9.17, 15) is 0 Å². The molecule has 0 fully saturated rings. The van der Waals surface area contributed by atoms with Crippen LogP contribution in [0.1, 0.15) is 24.2 Å². The Morgan fingerprint density at radius 3 is 2.53 bits per heavy atom. The average Bonchev–Trinajstić information content (AvgIpc) is 2.41. The fourth-order valence-electron chi connectivity index (χ4n) is 1.82. The van der Waals surface area contributed by atoms with Gasteiger partial charge in [0.2, 0.25) is 0 Å². The number of benzene rings is 1. The van der Waals surface area contributed by atoms with Crippen LogP contribution >= 0.6 is 0 Å². The minimum absolute atomic E-state index is 0.389. The maximum atomic E-state index is 4.31. The van der Waals surface area contributed by atoms with Crippen LogP contribution in [0.15, 0.2) is 54.7 Å². The Balaban J connectivity index is 1.79. The second kappa shape index (κ2) is 6.16.